The summed E-state index contributed by atoms with van der Waals surface area (Å²) in [5, 5.41) is 0. The van der Waals surface area contributed by atoms with Crippen LogP contribution in [0.4, 0.5) is 4.39 Å². The third kappa shape index (κ3) is 3.47. The van der Waals surface area contributed by atoms with Gasteiger partial charge in [-0.2, -0.15) is 0 Å². The van der Waals surface area contributed by atoms with Crippen molar-refractivity contribution in [2.75, 3.05) is 39.4 Å². The first-order chi connectivity index (χ1) is 13.1. The monoisotopic (exact) mass is 374 g/mol. The molecule has 2 saturated heterocycles. The fourth-order valence-electron chi connectivity index (χ4n) is 4.62. The Kier molecular flexibility index (Phi) is 5.17. The highest BCUT2D eigenvalue weighted by Crippen LogP contribution is 2.45. The second-order valence-electron chi connectivity index (χ2n) is 7.95. The number of piperidine rings is 1. The van der Waals surface area contributed by atoms with Crippen molar-refractivity contribution < 1.29 is 18.7 Å². The Morgan fingerprint density at radius 3 is 2.33 bits per heavy atom. The van der Waals surface area contributed by atoms with E-state index in [1.54, 1.807) is 6.07 Å². The van der Waals surface area contributed by atoms with Gasteiger partial charge in [-0.05, 0) is 43.4 Å². The molecule has 1 aromatic carbocycles. The Balaban J connectivity index is 1.40. The van der Waals surface area contributed by atoms with Gasteiger partial charge in [0.1, 0.15) is 5.82 Å². The average Bonchev–Trinajstić information content (AvgIpc) is 2.67. The normalized spacial score (nSPS) is 23.0. The van der Waals surface area contributed by atoms with Gasteiger partial charge < -0.3 is 14.5 Å². The number of hydrogen-bond donors (Lipinski definition) is 0. The van der Waals surface area contributed by atoms with Crippen LogP contribution in [0.3, 0.4) is 0 Å². The molecular weight excluding hydrogens is 347 g/mol. The SMILES string of the molecule is O=C(C1CCN(C(=O)C2(c3cccc(F)c3)CCC2)CC1)N1CCOCC1. The van der Waals surface area contributed by atoms with Crippen molar-refractivity contribution in [3.05, 3.63) is 35.6 Å². The molecule has 1 aliphatic carbocycles. The lowest BCUT2D eigenvalue weighted by atomic mass is 9.63. The number of benzene rings is 1. The van der Waals surface area contributed by atoms with Gasteiger partial charge in [0, 0.05) is 32.1 Å². The van der Waals surface area contributed by atoms with E-state index in [9.17, 15) is 14.0 Å². The molecule has 2 heterocycles. The number of rotatable bonds is 3. The summed E-state index contributed by atoms with van der Waals surface area (Å²) in [5.41, 5.74) is 0.230. The van der Waals surface area contributed by atoms with Gasteiger partial charge in [-0.1, -0.05) is 18.6 Å². The van der Waals surface area contributed by atoms with Crippen molar-refractivity contribution in [1.29, 1.82) is 0 Å². The second kappa shape index (κ2) is 7.58. The van der Waals surface area contributed by atoms with Gasteiger partial charge in [-0.3, -0.25) is 9.59 Å². The summed E-state index contributed by atoms with van der Waals surface area (Å²) in [6, 6.07) is 6.48. The smallest absolute Gasteiger partial charge is 0.233 e. The highest BCUT2D eigenvalue weighted by molar-refractivity contribution is 5.89. The second-order valence-corrected chi connectivity index (χ2v) is 7.95. The highest BCUT2D eigenvalue weighted by Gasteiger charge is 2.48. The van der Waals surface area contributed by atoms with E-state index in [0.717, 1.165) is 24.8 Å². The van der Waals surface area contributed by atoms with E-state index in [4.69, 9.17) is 4.74 Å². The minimum atomic E-state index is -0.566. The van der Waals surface area contributed by atoms with Gasteiger partial charge in [0.25, 0.3) is 0 Å². The van der Waals surface area contributed by atoms with E-state index < -0.39 is 5.41 Å². The standard InChI is InChI=1S/C21H27FN2O3/c22-18-4-1-3-17(15-18)21(7-2-8-21)20(26)24-9-5-16(6-10-24)19(25)23-11-13-27-14-12-23/h1,3-4,15-16H,2,5-14H2. The van der Waals surface area contributed by atoms with E-state index in [1.165, 1.54) is 12.1 Å². The minimum Gasteiger partial charge on any atom is -0.378 e. The fourth-order valence-corrected chi connectivity index (χ4v) is 4.62. The van der Waals surface area contributed by atoms with Crippen molar-refractivity contribution >= 4 is 11.8 Å². The number of likely N-dealkylation sites (tertiary alicyclic amines) is 1. The summed E-state index contributed by atoms with van der Waals surface area (Å²) >= 11 is 0. The predicted molar refractivity (Wildman–Crippen MR) is 98.6 cm³/mol. The molecule has 5 nitrogen and oxygen atoms in total. The Hall–Kier alpha value is -1.95. The number of morpholine rings is 1. The molecule has 0 bridgehead atoms. The number of carbonyl (C=O) groups is 2. The van der Waals surface area contributed by atoms with E-state index in [0.29, 0.717) is 52.2 Å². The summed E-state index contributed by atoms with van der Waals surface area (Å²) in [4.78, 5) is 29.8. The van der Waals surface area contributed by atoms with Gasteiger partial charge in [0.05, 0.1) is 18.6 Å². The van der Waals surface area contributed by atoms with Crippen LogP contribution in [0, 0.1) is 11.7 Å². The largest absolute Gasteiger partial charge is 0.378 e. The van der Waals surface area contributed by atoms with E-state index in [1.807, 2.05) is 15.9 Å². The first-order valence-electron chi connectivity index (χ1n) is 10.0. The maximum atomic E-state index is 13.7. The average molecular weight is 374 g/mol. The molecule has 0 unspecified atom stereocenters. The third-order valence-electron chi connectivity index (χ3n) is 6.45. The Bertz CT molecular complexity index is 705. The van der Waals surface area contributed by atoms with Crippen LogP contribution in [0.15, 0.2) is 24.3 Å². The Morgan fingerprint density at radius 2 is 1.74 bits per heavy atom. The van der Waals surface area contributed by atoms with Gasteiger partial charge >= 0.3 is 0 Å². The third-order valence-corrected chi connectivity index (χ3v) is 6.45. The van der Waals surface area contributed by atoms with Crippen LogP contribution in [0.5, 0.6) is 0 Å². The van der Waals surface area contributed by atoms with Crippen LogP contribution < -0.4 is 0 Å². The van der Waals surface area contributed by atoms with Crippen molar-refractivity contribution in [2.24, 2.45) is 5.92 Å². The van der Waals surface area contributed by atoms with Crippen LogP contribution in [-0.2, 0) is 19.7 Å². The summed E-state index contributed by atoms with van der Waals surface area (Å²) < 4.78 is 19.0. The number of hydrogen-bond acceptors (Lipinski definition) is 3. The molecule has 27 heavy (non-hydrogen) atoms. The van der Waals surface area contributed by atoms with Crippen LogP contribution in [0.2, 0.25) is 0 Å². The maximum Gasteiger partial charge on any atom is 0.233 e. The van der Waals surface area contributed by atoms with Crippen molar-refractivity contribution in [2.45, 2.75) is 37.5 Å². The molecule has 0 atom stereocenters. The van der Waals surface area contributed by atoms with Crippen LogP contribution in [0.25, 0.3) is 0 Å². The summed E-state index contributed by atoms with van der Waals surface area (Å²) in [6.45, 7) is 3.77. The topological polar surface area (TPSA) is 49.9 Å². The number of amides is 2. The molecular formula is C21H27FN2O3. The lowest BCUT2D eigenvalue weighted by Crippen LogP contribution is -2.54. The summed E-state index contributed by atoms with van der Waals surface area (Å²) in [5.74, 6) is 0.0190. The molecule has 0 spiro atoms. The number of ether oxygens (including phenoxy) is 1. The molecule has 1 saturated carbocycles. The Morgan fingerprint density at radius 1 is 1.04 bits per heavy atom. The molecule has 0 N–H and O–H groups in total. The molecule has 4 rings (SSSR count). The lowest BCUT2D eigenvalue weighted by Gasteiger charge is -2.45. The van der Waals surface area contributed by atoms with Gasteiger partial charge in [-0.25, -0.2) is 4.39 Å². The number of carbonyl (C=O) groups excluding carboxylic acids is 2. The molecule has 0 aromatic heterocycles. The van der Waals surface area contributed by atoms with Gasteiger partial charge in [-0.15, -0.1) is 0 Å². The molecule has 6 heteroatoms. The van der Waals surface area contributed by atoms with Crippen LogP contribution in [-0.4, -0.2) is 61.0 Å². The highest BCUT2D eigenvalue weighted by atomic mass is 19.1. The summed E-state index contributed by atoms with van der Waals surface area (Å²) in [6.07, 6.45) is 3.97. The van der Waals surface area contributed by atoms with Gasteiger partial charge in [0.2, 0.25) is 11.8 Å². The molecule has 0 radical (unpaired) electrons. The molecule has 1 aromatic rings. The maximum absolute atomic E-state index is 13.7. The van der Waals surface area contributed by atoms with E-state index >= 15 is 0 Å². The Labute approximate surface area is 159 Å². The van der Waals surface area contributed by atoms with Crippen molar-refractivity contribution in [1.82, 2.24) is 9.80 Å². The fraction of sp³-hybridized carbons (Fsp3) is 0.619. The molecule has 2 aliphatic heterocycles. The zero-order valence-electron chi connectivity index (χ0n) is 15.7. The molecule has 3 fully saturated rings. The summed E-state index contributed by atoms with van der Waals surface area (Å²) in [7, 11) is 0. The first-order valence-corrected chi connectivity index (χ1v) is 10.0. The molecule has 3 aliphatic rings. The van der Waals surface area contributed by atoms with Crippen molar-refractivity contribution in [3.63, 3.8) is 0 Å². The number of nitrogens with zero attached hydrogens (tertiary/aromatic N) is 2. The lowest BCUT2D eigenvalue weighted by molar-refractivity contribution is -0.147. The van der Waals surface area contributed by atoms with Crippen LogP contribution >= 0.6 is 0 Å². The van der Waals surface area contributed by atoms with Gasteiger partial charge in [0.15, 0.2) is 0 Å². The van der Waals surface area contributed by atoms with Crippen molar-refractivity contribution in [3.8, 4) is 0 Å². The van der Waals surface area contributed by atoms with E-state index in [-0.39, 0.29) is 23.5 Å². The quantitative estimate of drug-likeness (QED) is 0.816. The molecule has 146 valence electrons. The zero-order valence-corrected chi connectivity index (χ0v) is 15.7. The number of halogens is 1. The minimum absolute atomic E-state index is 0.00124. The molecule has 2 amide bonds. The predicted octanol–water partition coefficient (Wildman–Crippen LogP) is 2.34. The van der Waals surface area contributed by atoms with Crippen LogP contribution in [0.1, 0.15) is 37.7 Å². The first kappa shape index (κ1) is 18.4. The van der Waals surface area contributed by atoms with E-state index in [2.05, 4.69) is 0 Å². The zero-order chi connectivity index (χ0) is 18.9.